The van der Waals surface area contributed by atoms with Crippen molar-refractivity contribution < 1.29 is 19.6 Å². The molecule has 0 aliphatic carbocycles. The van der Waals surface area contributed by atoms with Crippen molar-refractivity contribution in [2.45, 2.75) is 12.5 Å². The number of rotatable bonds is 8. The van der Waals surface area contributed by atoms with E-state index < -0.39 is 16.9 Å². The van der Waals surface area contributed by atoms with Crippen LogP contribution in [-0.2, 0) is 11.2 Å². The fourth-order valence-electron chi connectivity index (χ4n) is 2.49. The summed E-state index contributed by atoms with van der Waals surface area (Å²) in [5.74, 6) is 0.667. The van der Waals surface area contributed by atoms with Gasteiger partial charge in [0.25, 0.3) is 5.69 Å². The molecular weight excluding hydrogens is 447 g/mol. The van der Waals surface area contributed by atoms with Crippen LogP contribution in [0.1, 0.15) is 5.56 Å². The normalized spacial score (nSPS) is 10.7. The first-order valence-electron chi connectivity index (χ1n) is 8.63. The Morgan fingerprint density at radius 2 is 1.65 bits per heavy atom. The standard InChI is InChI=1S/C20H18N4O5.2ClH/c21-18(20(25)26)11-13-1-6-16(7-2-13)29-17-8-3-14(4-9-17)23-19-10-5-15(12-22-19)24(27)28;;/h1-10,12,18H,11,21H2,(H,22,23)(H,25,26);2*1H. The van der Waals surface area contributed by atoms with Crippen LogP contribution in [0.5, 0.6) is 11.5 Å². The molecule has 11 heteroatoms. The van der Waals surface area contributed by atoms with Crippen LogP contribution >= 0.6 is 24.8 Å². The number of carboxylic acids is 1. The second kappa shape index (κ2) is 11.7. The fourth-order valence-corrected chi connectivity index (χ4v) is 2.49. The first kappa shape index (κ1) is 25.6. The van der Waals surface area contributed by atoms with Gasteiger partial charge in [-0.2, -0.15) is 0 Å². The summed E-state index contributed by atoms with van der Waals surface area (Å²) in [6, 6.07) is 16.1. The maximum Gasteiger partial charge on any atom is 0.320 e. The number of aliphatic carboxylic acids is 1. The molecule has 3 aromatic rings. The Balaban J connectivity index is 0.00000240. The zero-order chi connectivity index (χ0) is 20.8. The van der Waals surface area contributed by atoms with Crippen LogP contribution in [0.4, 0.5) is 17.2 Å². The summed E-state index contributed by atoms with van der Waals surface area (Å²) in [5, 5.41) is 22.6. The molecule has 2 aromatic carbocycles. The molecular formula is C20H20Cl2N4O5. The summed E-state index contributed by atoms with van der Waals surface area (Å²) in [6.07, 6.45) is 1.43. The number of nitrogens with two attached hydrogens (primary N) is 1. The second-order valence-corrected chi connectivity index (χ2v) is 6.20. The van der Waals surface area contributed by atoms with Gasteiger partial charge in [0.1, 0.15) is 29.6 Å². The fraction of sp³-hybridized carbons (Fsp3) is 0.100. The molecule has 1 unspecified atom stereocenters. The topological polar surface area (TPSA) is 141 Å². The van der Waals surface area contributed by atoms with Gasteiger partial charge in [-0.05, 0) is 54.4 Å². The Hall–Kier alpha value is -3.40. The monoisotopic (exact) mass is 466 g/mol. The van der Waals surface area contributed by atoms with Gasteiger partial charge in [-0.15, -0.1) is 24.8 Å². The number of carboxylic acid groups (broad SMARTS) is 1. The Labute approximate surface area is 190 Å². The van der Waals surface area contributed by atoms with Gasteiger partial charge in [-0.3, -0.25) is 14.9 Å². The molecule has 1 heterocycles. The van der Waals surface area contributed by atoms with Crippen LogP contribution in [0.2, 0.25) is 0 Å². The summed E-state index contributed by atoms with van der Waals surface area (Å²) in [7, 11) is 0. The van der Waals surface area contributed by atoms with Gasteiger partial charge in [-0.25, -0.2) is 4.98 Å². The van der Waals surface area contributed by atoms with Crippen LogP contribution in [0, 0.1) is 10.1 Å². The smallest absolute Gasteiger partial charge is 0.320 e. The number of carbonyl (C=O) groups is 1. The predicted octanol–water partition coefficient (Wildman–Crippen LogP) is 4.32. The zero-order valence-electron chi connectivity index (χ0n) is 16.0. The molecule has 0 aliphatic heterocycles. The van der Waals surface area contributed by atoms with E-state index in [1.54, 1.807) is 48.5 Å². The Morgan fingerprint density at radius 1 is 1.06 bits per heavy atom. The molecule has 4 N–H and O–H groups in total. The lowest BCUT2D eigenvalue weighted by atomic mass is 10.1. The number of nitrogens with zero attached hydrogens (tertiary/aromatic N) is 2. The van der Waals surface area contributed by atoms with Crippen LogP contribution in [0.3, 0.4) is 0 Å². The lowest BCUT2D eigenvalue weighted by Gasteiger charge is -2.10. The number of aromatic nitrogens is 1. The molecule has 0 bridgehead atoms. The first-order valence-corrected chi connectivity index (χ1v) is 8.63. The Bertz CT molecular complexity index is 1000. The third kappa shape index (κ3) is 7.41. The summed E-state index contributed by atoms with van der Waals surface area (Å²) in [5.41, 5.74) is 7.01. The van der Waals surface area contributed by atoms with Gasteiger partial charge < -0.3 is 20.9 Å². The Kier molecular flexibility index (Phi) is 9.68. The van der Waals surface area contributed by atoms with E-state index in [2.05, 4.69) is 10.3 Å². The lowest BCUT2D eigenvalue weighted by molar-refractivity contribution is -0.385. The van der Waals surface area contributed by atoms with E-state index in [1.807, 2.05) is 0 Å². The van der Waals surface area contributed by atoms with Crippen molar-refractivity contribution in [3.8, 4) is 11.5 Å². The number of nitro groups is 1. The highest BCUT2D eigenvalue weighted by Crippen LogP contribution is 2.25. The number of halogens is 2. The van der Waals surface area contributed by atoms with Crippen LogP contribution in [0.15, 0.2) is 66.9 Å². The number of hydrogen-bond acceptors (Lipinski definition) is 7. The quantitative estimate of drug-likeness (QED) is 0.329. The van der Waals surface area contributed by atoms with Crippen molar-refractivity contribution in [3.05, 3.63) is 82.5 Å². The molecule has 9 nitrogen and oxygen atoms in total. The number of hydrogen-bond donors (Lipinski definition) is 3. The average molecular weight is 467 g/mol. The summed E-state index contributed by atoms with van der Waals surface area (Å²) >= 11 is 0. The van der Waals surface area contributed by atoms with Crippen molar-refractivity contribution in [2.75, 3.05) is 5.32 Å². The maximum atomic E-state index is 10.8. The third-order valence-corrected chi connectivity index (χ3v) is 4.02. The van der Waals surface area contributed by atoms with Crippen LogP contribution in [-0.4, -0.2) is 27.0 Å². The maximum absolute atomic E-state index is 10.8. The minimum absolute atomic E-state index is 0. The van der Waals surface area contributed by atoms with E-state index in [0.29, 0.717) is 17.3 Å². The highest BCUT2D eigenvalue weighted by molar-refractivity contribution is 5.85. The molecule has 3 rings (SSSR count). The Morgan fingerprint density at radius 3 is 2.13 bits per heavy atom. The minimum Gasteiger partial charge on any atom is -0.480 e. The highest BCUT2D eigenvalue weighted by atomic mass is 35.5. The molecule has 0 saturated heterocycles. The van der Waals surface area contributed by atoms with Gasteiger partial charge >= 0.3 is 5.97 Å². The highest BCUT2D eigenvalue weighted by Gasteiger charge is 2.12. The van der Waals surface area contributed by atoms with Crippen molar-refractivity contribution in [1.29, 1.82) is 0 Å². The second-order valence-electron chi connectivity index (χ2n) is 6.20. The van der Waals surface area contributed by atoms with E-state index in [4.69, 9.17) is 15.6 Å². The van der Waals surface area contributed by atoms with Crippen molar-refractivity contribution >= 4 is 48.0 Å². The molecule has 0 saturated carbocycles. The number of anilines is 2. The first-order chi connectivity index (χ1) is 13.9. The summed E-state index contributed by atoms with van der Waals surface area (Å²) < 4.78 is 5.77. The van der Waals surface area contributed by atoms with E-state index in [-0.39, 0.29) is 36.9 Å². The predicted molar refractivity (Wildman–Crippen MR) is 121 cm³/mol. The van der Waals surface area contributed by atoms with Crippen molar-refractivity contribution in [3.63, 3.8) is 0 Å². The molecule has 164 valence electrons. The number of ether oxygens (including phenoxy) is 1. The van der Waals surface area contributed by atoms with Crippen LogP contribution < -0.4 is 15.8 Å². The lowest BCUT2D eigenvalue weighted by Crippen LogP contribution is -2.32. The van der Waals surface area contributed by atoms with Crippen molar-refractivity contribution in [1.82, 2.24) is 4.98 Å². The molecule has 1 aromatic heterocycles. The summed E-state index contributed by atoms with van der Waals surface area (Å²) in [6.45, 7) is 0. The molecule has 0 amide bonds. The van der Waals surface area contributed by atoms with Gasteiger partial charge in [0.15, 0.2) is 0 Å². The molecule has 0 fully saturated rings. The average Bonchev–Trinajstić information content (AvgIpc) is 2.71. The molecule has 31 heavy (non-hydrogen) atoms. The van der Waals surface area contributed by atoms with E-state index >= 15 is 0 Å². The molecule has 0 radical (unpaired) electrons. The van der Waals surface area contributed by atoms with Crippen LogP contribution in [0.25, 0.3) is 0 Å². The molecule has 0 spiro atoms. The van der Waals surface area contributed by atoms with Gasteiger partial charge in [-0.1, -0.05) is 12.1 Å². The number of pyridine rings is 1. The molecule has 0 aliphatic rings. The van der Waals surface area contributed by atoms with Gasteiger partial charge in [0.2, 0.25) is 0 Å². The van der Waals surface area contributed by atoms with Crippen molar-refractivity contribution in [2.24, 2.45) is 5.73 Å². The van der Waals surface area contributed by atoms with E-state index in [9.17, 15) is 14.9 Å². The van der Waals surface area contributed by atoms with Gasteiger partial charge in [0.05, 0.1) is 4.92 Å². The largest absolute Gasteiger partial charge is 0.480 e. The van der Waals surface area contributed by atoms with E-state index in [1.165, 1.54) is 18.3 Å². The zero-order valence-corrected chi connectivity index (χ0v) is 17.6. The third-order valence-electron chi connectivity index (χ3n) is 4.02. The molecule has 1 atom stereocenters. The number of benzene rings is 2. The number of nitrogens with one attached hydrogen (secondary N) is 1. The summed E-state index contributed by atoms with van der Waals surface area (Å²) in [4.78, 5) is 25.0. The minimum atomic E-state index is -1.04. The van der Waals surface area contributed by atoms with E-state index in [0.717, 1.165) is 11.3 Å². The SMILES string of the molecule is Cl.Cl.NC(Cc1ccc(Oc2ccc(Nc3ccc([N+](=O)[O-])cn3)cc2)cc1)C(=O)O. The van der Waals surface area contributed by atoms with Gasteiger partial charge in [0, 0.05) is 11.8 Å².